The second-order valence-electron chi connectivity index (χ2n) is 4.62. The van der Waals surface area contributed by atoms with Crippen LogP contribution in [0.25, 0.3) is 0 Å². The third-order valence-corrected chi connectivity index (χ3v) is 2.77. The number of hydrogen-bond donors (Lipinski definition) is 1. The van der Waals surface area contributed by atoms with Crippen molar-refractivity contribution in [2.24, 2.45) is 12.8 Å². The number of halogens is 1. The largest absolute Gasteiger partial charge is 0.331 e. The van der Waals surface area contributed by atoms with Crippen LogP contribution < -0.4 is 17.0 Å². The molecule has 0 fully saturated rings. The Kier molecular flexibility index (Phi) is 3.30. The highest BCUT2D eigenvalue weighted by molar-refractivity contribution is 6.31. The van der Waals surface area contributed by atoms with Gasteiger partial charge in [0.05, 0.1) is 5.69 Å². The van der Waals surface area contributed by atoms with Crippen molar-refractivity contribution in [2.45, 2.75) is 32.9 Å². The van der Waals surface area contributed by atoms with Crippen LogP contribution in [0.15, 0.2) is 9.59 Å². The Morgan fingerprint density at radius 3 is 2.19 bits per heavy atom. The molecule has 1 aromatic rings. The first-order chi connectivity index (χ1) is 7.21. The van der Waals surface area contributed by atoms with E-state index in [4.69, 9.17) is 17.3 Å². The molecule has 0 saturated carbocycles. The van der Waals surface area contributed by atoms with E-state index in [1.165, 1.54) is 4.57 Å². The highest BCUT2D eigenvalue weighted by atomic mass is 35.5. The van der Waals surface area contributed by atoms with Crippen molar-refractivity contribution in [3.05, 3.63) is 31.6 Å². The first-order valence-electron chi connectivity index (χ1n) is 4.92. The lowest BCUT2D eigenvalue weighted by atomic mass is 10.1. The number of hydrogen-bond acceptors (Lipinski definition) is 3. The molecule has 6 heteroatoms. The van der Waals surface area contributed by atoms with Gasteiger partial charge in [0.2, 0.25) is 0 Å². The first-order valence-corrected chi connectivity index (χ1v) is 5.30. The average Bonchev–Trinajstić information content (AvgIpc) is 2.14. The minimum Gasteiger partial charge on any atom is -0.325 e. The summed E-state index contributed by atoms with van der Waals surface area (Å²) >= 11 is 5.91. The van der Waals surface area contributed by atoms with E-state index in [2.05, 4.69) is 0 Å². The number of rotatable bonds is 1. The molecule has 0 aliphatic rings. The van der Waals surface area contributed by atoms with Crippen LogP contribution >= 0.6 is 11.6 Å². The Bertz CT molecular complexity index is 485. The van der Waals surface area contributed by atoms with Gasteiger partial charge in [0.15, 0.2) is 0 Å². The van der Waals surface area contributed by atoms with Crippen LogP contribution in [-0.2, 0) is 19.1 Å². The van der Waals surface area contributed by atoms with Crippen molar-refractivity contribution < 1.29 is 0 Å². The van der Waals surface area contributed by atoms with Crippen molar-refractivity contribution in [3.63, 3.8) is 0 Å². The summed E-state index contributed by atoms with van der Waals surface area (Å²) in [6, 6.07) is 0. The van der Waals surface area contributed by atoms with Gasteiger partial charge < -0.3 is 5.73 Å². The molecule has 0 bridgehead atoms. The Balaban J connectivity index is 3.83. The standard InChI is InChI=1S/C10H16ClN3O2/c1-10(2,3)14-8(15)7(11)6(5-12)13(4)9(14)16/h5,12H2,1-4H3. The topological polar surface area (TPSA) is 70.0 Å². The van der Waals surface area contributed by atoms with Crippen LogP contribution in [-0.4, -0.2) is 9.13 Å². The van der Waals surface area contributed by atoms with Crippen LogP contribution in [0.3, 0.4) is 0 Å². The fraction of sp³-hybridized carbons (Fsp3) is 0.600. The molecule has 1 rings (SSSR count). The van der Waals surface area contributed by atoms with Crippen LogP contribution in [0.1, 0.15) is 26.5 Å². The molecule has 1 heterocycles. The van der Waals surface area contributed by atoms with Gasteiger partial charge in [-0.05, 0) is 20.8 Å². The smallest absolute Gasteiger partial charge is 0.325 e. The molecule has 0 unspecified atom stereocenters. The molecular formula is C10H16ClN3O2. The van der Waals surface area contributed by atoms with Crippen LogP contribution in [0, 0.1) is 0 Å². The lowest BCUT2D eigenvalue weighted by molar-refractivity contribution is 0.356. The van der Waals surface area contributed by atoms with E-state index < -0.39 is 16.8 Å². The molecule has 0 aliphatic carbocycles. The van der Waals surface area contributed by atoms with Gasteiger partial charge in [0.25, 0.3) is 5.56 Å². The van der Waals surface area contributed by atoms with Crippen molar-refractivity contribution in [3.8, 4) is 0 Å². The Morgan fingerprint density at radius 1 is 1.31 bits per heavy atom. The van der Waals surface area contributed by atoms with Gasteiger partial charge in [-0.2, -0.15) is 0 Å². The summed E-state index contributed by atoms with van der Waals surface area (Å²) in [7, 11) is 1.55. The van der Waals surface area contributed by atoms with Crippen molar-refractivity contribution in [2.75, 3.05) is 0 Å². The van der Waals surface area contributed by atoms with E-state index in [9.17, 15) is 9.59 Å². The third-order valence-electron chi connectivity index (χ3n) is 2.39. The summed E-state index contributed by atoms with van der Waals surface area (Å²) in [5, 5.41) is 0.0134. The fourth-order valence-corrected chi connectivity index (χ4v) is 1.83. The lowest BCUT2D eigenvalue weighted by Gasteiger charge is -2.23. The van der Waals surface area contributed by atoms with Crippen LogP contribution in [0.2, 0.25) is 5.02 Å². The van der Waals surface area contributed by atoms with E-state index in [1.807, 2.05) is 0 Å². The van der Waals surface area contributed by atoms with Gasteiger partial charge in [-0.15, -0.1) is 0 Å². The predicted octanol–water partition coefficient (Wildman–Crippen LogP) is 0.414. The van der Waals surface area contributed by atoms with Crippen molar-refractivity contribution in [1.82, 2.24) is 9.13 Å². The maximum atomic E-state index is 12.0. The van der Waals surface area contributed by atoms with Crippen molar-refractivity contribution in [1.29, 1.82) is 0 Å². The second-order valence-corrected chi connectivity index (χ2v) is 5.00. The molecule has 0 aromatic carbocycles. The Morgan fingerprint density at radius 2 is 1.81 bits per heavy atom. The fourth-order valence-electron chi connectivity index (χ4n) is 1.54. The number of nitrogens with two attached hydrogens (primary N) is 1. The van der Waals surface area contributed by atoms with E-state index in [-0.39, 0.29) is 11.6 Å². The molecule has 1 aromatic heterocycles. The summed E-state index contributed by atoms with van der Waals surface area (Å²) in [6.07, 6.45) is 0. The SMILES string of the molecule is Cn1c(CN)c(Cl)c(=O)n(C(C)(C)C)c1=O. The molecule has 0 atom stereocenters. The molecule has 0 saturated heterocycles. The second kappa shape index (κ2) is 4.07. The Labute approximate surface area is 98.4 Å². The van der Waals surface area contributed by atoms with E-state index in [0.717, 1.165) is 4.57 Å². The zero-order valence-corrected chi connectivity index (χ0v) is 10.6. The molecule has 0 aliphatic heterocycles. The quantitative estimate of drug-likeness (QED) is 0.779. The molecule has 0 amide bonds. The van der Waals surface area contributed by atoms with Gasteiger partial charge in [-0.3, -0.25) is 13.9 Å². The van der Waals surface area contributed by atoms with Crippen LogP contribution in [0.4, 0.5) is 0 Å². The Hall–Kier alpha value is -1.07. The highest BCUT2D eigenvalue weighted by Crippen LogP contribution is 2.12. The molecular weight excluding hydrogens is 230 g/mol. The third kappa shape index (κ3) is 1.92. The monoisotopic (exact) mass is 245 g/mol. The minimum atomic E-state index is -0.608. The highest BCUT2D eigenvalue weighted by Gasteiger charge is 2.22. The summed E-state index contributed by atoms with van der Waals surface area (Å²) in [5.74, 6) is 0. The lowest BCUT2D eigenvalue weighted by Crippen LogP contribution is -2.48. The molecule has 0 radical (unpaired) electrons. The molecule has 0 spiro atoms. The molecule has 5 nitrogen and oxygen atoms in total. The number of nitrogens with zero attached hydrogens (tertiary/aromatic N) is 2. The predicted molar refractivity (Wildman–Crippen MR) is 63.8 cm³/mol. The minimum absolute atomic E-state index is 0.0134. The summed E-state index contributed by atoms with van der Waals surface area (Å²) in [6.45, 7) is 5.38. The van der Waals surface area contributed by atoms with Gasteiger partial charge in [0.1, 0.15) is 5.02 Å². The van der Waals surface area contributed by atoms with E-state index in [1.54, 1.807) is 27.8 Å². The summed E-state index contributed by atoms with van der Waals surface area (Å²) in [5.41, 5.74) is 4.32. The molecule has 2 N–H and O–H groups in total. The maximum Gasteiger partial charge on any atom is 0.331 e. The molecule has 90 valence electrons. The van der Waals surface area contributed by atoms with Gasteiger partial charge in [-0.25, -0.2) is 4.79 Å². The summed E-state index contributed by atoms with van der Waals surface area (Å²) in [4.78, 5) is 23.9. The van der Waals surface area contributed by atoms with E-state index >= 15 is 0 Å². The van der Waals surface area contributed by atoms with Gasteiger partial charge in [0, 0.05) is 19.1 Å². The van der Waals surface area contributed by atoms with Crippen LogP contribution in [0.5, 0.6) is 0 Å². The van der Waals surface area contributed by atoms with Gasteiger partial charge >= 0.3 is 5.69 Å². The molecule has 16 heavy (non-hydrogen) atoms. The maximum absolute atomic E-state index is 12.0. The normalized spacial score (nSPS) is 11.9. The van der Waals surface area contributed by atoms with Crippen molar-refractivity contribution >= 4 is 11.6 Å². The zero-order valence-electron chi connectivity index (χ0n) is 9.87. The zero-order chi connectivity index (χ0) is 12.7. The van der Waals surface area contributed by atoms with Gasteiger partial charge in [-0.1, -0.05) is 11.6 Å². The van der Waals surface area contributed by atoms with E-state index in [0.29, 0.717) is 5.69 Å². The first kappa shape index (κ1) is 13.0. The number of aromatic nitrogens is 2. The average molecular weight is 246 g/mol. The summed E-state index contributed by atoms with van der Waals surface area (Å²) < 4.78 is 2.45.